The molecule has 0 amide bonds. The van der Waals surface area contributed by atoms with Gasteiger partial charge in [-0.2, -0.15) is 0 Å². The second-order valence-electron chi connectivity index (χ2n) is 4.71. The zero-order chi connectivity index (χ0) is 13.5. The largest absolute Gasteiger partial charge is 0.480 e. The normalized spacial score (nSPS) is 12.2. The number of rotatable bonds is 7. The Balaban J connectivity index is 2.95. The van der Waals surface area contributed by atoms with Crippen molar-refractivity contribution in [3.8, 4) is 0 Å². The number of aryl methyl sites for hydroxylation is 1. The van der Waals surface area contributed by atoms with E-state index in [9.17, 15) is 4.79 Å². The van der Waals surface area contributed by atoms with Crippen LogP contribution in [0.4, 0.5) is 5.69 Å². The average Bonchev–Trinajstić information content (AvgIpc) is 2.34. The van der Waals surface area contributed by atoms with Crippen LogP contribution in [-0.2, 0) is 4.79 Å². The van der Waals surface area contributed by atoms with Crippen molar-refractivity contribution in [3.05, 3.63) is 29.8 Å². The summed E-state index contributed by atoms with van der Waals surface area (Å²) < 4.78 is 0. The number of nitrogens with zero attached hydrogens (tertiary/aromatic N) is 1. The third-order valence-corrected chi connectivity index (χ3v) is 3.21. The van der Waals surface area contributed by atoms with Gasteiger partial charge < -0.3 is 10.0 Å². The fourth-order valence-corrected chi connectivity index (χ4v) is 2.23. The molecule has 100 valence electrons. The first-order valence-corrected chi connectivity index (χ1v) is 6.63. The minimum absolute atomic E-state index is 0.0710. The second kappa shape index (κ2) is 7.04. The summed E-state index contributed by atoms with van der Waals surface area (Å²) in [4.78, 5) is 13.0. The molecule has 3 nitrogen and oxygen atoms in total. The lowest BCUT2D eigenvalue weighted by molar-refractivity contribution is -0.135. The highest BCUT2D eigenvalue weighted by atomic mass is 16.4. The molecule has 0 fully saturated rings. The molecule has 1 aromatic rings. The summed E-state index contributed by atoms with van der Waals surface area (Å²) in [6.45, 7) is 6.36. The van der Waals surface area contributed by atoms with Crippen LogP contribution in [0, 0.1) is 6.92 Å². The Labute approximate surface area is 109 Å². The van der Waals surface area contributed by atoms with Gasteiger partial charge in [-0.3, -0.25) is 4.79 Å². The lowest BCUT2D eigenvalue weighted by Gasteiger charge is -2.32. The Morgan fingerprint density at radius 1 is 1.28 bits per heavy atom. The molecule has 1 aromatic carbocycles. The molecular formula is C15H23NO2. The topological polar surface area (TPSA) is 40.5 Å². The summed E-state index contributed by atoms with van der Waals surface area (Å²) in [5.74, 6) is -0.773. The number of aliphatic carboxylic acids is 1. The zero-order valence-corrected chi connectivity index (χ0v) is 11.5. The Morgan fingerprint density at radius 3 is 2.33 bits per heavy atom. The summed E-state index contributed by atoms with van der Waals surface area (Å²) in [5, 5.41) is 9.07. The third kappa shape index (κ3) is 4.06. The molecule has 0 aliphatic carbocycles. The molecule has 0 saturated carbocycles. The third-order valence-electron chi connectivity index (χ3n) is 3.21. The summed E-state index contributed by atoms with van der Waals surface area (Å²) in [7, 11) is 0. The van der Waals surface area contributed by atoms with Crippen molar-refractivity contribution in [3.63, 3.8) is 0 Å². The highest BCUT2D eigenvalue weighted by Crippen LogP contribution is 2.21. The Hall–Kier alpha value is -1.51. The molecule has 0 aliphatic rings. The quantitative estimate of drug-likeness (QED) is 0.804. The Morgan fingerprint density at radius 2 is 1.89 bits per heavy atom. The Bertz CT molecular complexity index is 373. The second-order valence-corrected chi connectivity index (χ2v) is 4.71. The van der Waals surface area contributed by atoms with Gasteiger partial charge in [0.1, 0.15) is 6.54 Å². The van der Waals surface area contributed by atoms with E-state index in [2.05, 4.69) is 13.8 Å². The monoisotopic (exact) mass is 249 g/mol. The van der Waals surface area contributed by atoms with E-state index in [-0.39, 0.29) is 6.54 Å². The van der Waals surface area contributed by atoms with Crippen LogP contribution < -0.4 is 4.90 Å². The van der Waals surface area contributed by atoms with Crippen LogP contribution in [0.25, 0.3) is 0 Å². The number of carboxylic acid groups (broad SMARTS) is 1. The molecule has 0 radical (unpaired) electrons. The van der Waals surface area contributed by atoms with Crippen LogP contribution in [0.5, 0.6) is 0 Å². The smallest absolute Gasteiger partial charge is 0.323 e. The number of carbonyl (C=O) groups is 1. The molecule has 0 spiro atoms. The number of benzene rings is 1. The summed E-state index contributed by atoms with van der Waals surface area (Å²) >= 11 is 0. The van der Waals surface area contributed by atoms with E-state index in [1.54, 1.807) is 0 Å². The first kappa shape index (κ1) is 14.6. The number of hydrogen-bond donors (Lipinski definition) is 1. The van der Waals surface area contributed by atoms with Crippen LogP contribution in [0.1, 0.15) is 38.7 Å². The van der Waals surface area contributed by atoms with Crippen molar-refractivity contribution >= 4 is 11.7 Å². The molecule has 3 heteroatoms. The number of carboxylic acids is 1. The van der Waals surface area contributed by atoms with Gasteiger partial charge in [0.15, 0.2) is 0 Å². The van der Waals surface area contributed by atoms with Crippen molar-refractivity contribution < 1.29 is 9.90 Å². The SMILES string of the molecule is CCCC(CC)N(CC(=O)O)c1ccc(C)cc1. The molecule has 0 aliphatic heterocycles. The van der Waals surface area contributed by atoms with Gasteiger partial charge in [0.2, 0.25) is 0 Å². The van der Waals surface area contributed by atoms with Gasteiger partial charge in [-0.15, -0.1) is 0 Å². The standard InChI is InChI=1S/C15H23NO2/c1-4-6-13(5-2)16(11-15(17)18)14-9-7-12(3)8-10-14/h7-10,13H,4-6,11H2,1-3H3,(H,17,18). The van der Waals surface area contributed by atoms with Crippen molar-refractivity contribution in [2.75, 3.05) is 11.4 Å². The number of hydrogen-bond acceptors (Lipinski definition) is 2. The molecule has 1 atom stereocenters. The van der Waals surface area contributed by atoms with E-state index in [1.807, 2.05) is 36.1 Å². The fourth-order valence-electron chi connectivity index (χ4n) is 2.23. The molecule has 0 saturated heterocycles. The minimum Gasteiger partial charge on any atom is -0.480 e. The highest BCUT2D eigenvalue weighted by Gasteiger charge is 2.19. The Kier molecular flexibility index (Phi) is 5.69. The van der Waals surface area contributed by atoms with Gasteiger partial charge in [-0.05, 0) is 31.9 Å². The highest BCUT2D eigenvalue weighted by molar-refractivity contribution is 5.74. The van der Waals surface area contributed by atoms with E-state index in [4.69, 9.17) is 5.11 Å². The molecule has 1 N–H and O–H groups in total. The van der Waals surface area contributed by atoms with E-state index in [0.29, 0.717) is 6.04 Å². The van der Waals surface area contributed by atoms with E-state index in [1.165, 1.54) is 5.56 Å². The van der Waals surface area contributed by atoms with Crippen molar-refractivity contribution in [2.24, 2.45) is 0 Å². The van der Waals surface area contributed by atoms with E-state index < -0.39 is 5.97 Å². The molecule has 0 aromatic heterocycles. The molecule has 0 heterocycles. The first-order valence-electron chi connectivity index (χ1n) is 6.63. The van der Waals surface area contributed by atoms with Crippen molar-refractivity contribution in [2.45, 2.75) is 46.1 Å². The minimum atomic E-state index is -0.773. The summed E-state index contributed by atoms with van der Waals surface area (Å²) in [6, 6.07) is 8.38. The van der Waals surface area contributed by atoms with Crippen molar-refractivity contribution in [1.82, 2.24) is 0 Å². The van der Waals surface area contributed by atoms with Gasteiger partial charge in [-0.25, -0.2) is 0 Å². The zero-order valence-electron chi connectivity index (χ0n) is 11.5. The van der Waals surface area contributed by atoms with Gasteiger partial charge >= 0.3 is 5.97 Å². The summed E-state index contributed by atoms with van der Waals surface area (Å²) in [6.07, 6.45) is 3.06. The van der Waals surface area contributed by atoms with Crippen LogP contribution in [0.2, 0.25) is 0 Å². The van der Waals surface area contributed by atoms with Gasteiger partial charge in [0.25, 0.3) is 0 Å². The fraction of sp³-hybridized carbons (Fsp3) is 0.533. The first-order chi connectivity index (χ1) is 8.58. The molecule has 1 rings (SSSR count). The maximum atomic E-state index is 11.0. The molecular weight excluding hydrogens is 226 g/mol. The van der Waals surface area contributed by atoms with E-state index in [0.717, 1.165) is 24.9 Å². The maximum Gasteiger partial charge on any atom is 0.323 e. The van der Waals surface area contributed by atoms with Gasteiger partial charge in [0, 0.05) is 11.7 Å². The maximum absolute atomic E-state index is 11.0. The molecule has 0 bridgehead atoms. The van der Waals surface area contributed by atoms with Gasteiger partial charge in [0.05, 0.1) is 0 Å². The van der Waals surface area contributed by atoms with E-state index >= 15 is 0 Å². The lowest BCUT2D eigenvalue weighted by atomic mass is 10.1. The predicted molar refractivity (Wildman–Crippen MR) is 75.1 cm³/mol. The molecule has 18 heavy (non-hydrogen) atoms. The van der Waals surface area contributed by atoms with Crippen LogP contribution in [-0.4, -0.2) is 23.7 Å². The lowest BCUT2D eigenvalue weighted by Crippen LogP contribution is -2.38. The molecule has 1 unspecified atom stereocenters. The van der Waals surface area contributed by atoms with Crippen LogP contribution in [0.15, 0.2) is 24.3 Å². The van der Waals surface area contributed by atoms with Crippen molar-refractivity contribution in [1.29, 1.82) is 0 Å². The number of anilines is 1. The predicted octanol–water partition coefficient (Wildman–Crippen LogP) is 3.46. The van der Waals surface area contributed by atoms with Gasteiger partial charge in [-0.1, -0.05) is 38.0 Å². The van der Waals surface area contributed by atoms with Crippen LogP contribution in [0.3, 0.4) is 0 Å². The van der Waals surface area contributed by atoms with Crippen LogP contribution >= 0.6 is 0 Å². The summed E-state index contributed by atoms with van der Waals surface area (Å²) in [5.41, 5.74) is 2.20. The average molecular weight is 249 g/mol.